The molecule has 0 aromatic heterocycles. The average Bonchev–Trinajstić information content (AvgIpc) is 3.16. The number of amides is 1. The third-order valence-electron chi connectivity index (χ3n) is 5.01. The topological polar surface area (TPSA) is 49.9 Å². The van der Waals surface area contributed by atoms with Crippen LogP contribution in [0.5, 0.6) is 0 Å². The van der Waals surface area contributed by atoms with Crippen LogP contribution in [0.1, 0.15) is 56.0 Å². The fourth-order valence-corrected chi connectivity index (χ4v) is 3.76. The molecule has 2 heterocycles. The maximum atomic E-state index is 12.1. The minimum atomic E-state index is -0.475. The van der Waals surface area contributed by atoms with Gasteiger partial charge in [-0.3, -0.25) is 9.69 Å². The van der Waals surface area contributed by atoms with E-state index < -0.39 is 5.60 Å². The van der Waals surface area contributed by atoms with Crippen molar-refractivity contribution in [2.75, 3.05) is 26.2 Å². The van der Waals surface area contributed by atoms with E-state index in [-0.39, 0.29) is 5.97 Å². The molecule has 0 spiro atoms. The maximum absolute atomic E-state index is 12.1. The van der Waals surface area contributed by atoms with E-state index in [2.05, 4.69) is 4.90 Å². The highest BCUT2D eigenvalue weighted by molar-refractivity contribution is 5.89. The summed E-state index contributed by atoms with van der Waals surface area (Å²) < 4.78 is 5.40. The molecule has 2 aliphatic heterocycles. The SMILES string of the molecule is CC(C)(C)OC(=O)c1ccc(CN2CCC(CN3CCCC3=O)C2)cc1. The van der Waals surface area contributed by atoms with Gasteiger partial charge in [-0.1, -0.05) is 12.1 Å². The summed E-state index contributed by atoms with van der Waals surface area (Å²) in [6.45, 7) is 10.5. The number of nitrogens with zero attached hydrogens (tertiary/aromatic N) is 2. The van der Waals surface area contributed by atoms with Crippen molar-refractivity contribution in [3.8, 4) is 0 Å². The van der Waals surface area contributed by atoms with E-state index in [1.54, 1.807) is 0 Å². The molecule has 2 saturated heterocycles. The summed E-state index contributed by atoms with van der Waals surface area (Å²) in [5.41, 5.74) is 1.32. The first-order valence-electron chi connectivity index (χ1n) is 9.62. The molecule has 0 bridgehead atoms. The zero-order chi connectivity index (χ0) is 18.7. The van der Waals surface area contributed by atoms with Crippen LogP contribution < -0.4 is 0 Å². The lowest BCUT2D eigenvalue weighted by Crippen LogP contribution is -2.32. The van der Waals surface area contributed by atoms with E-state index in [9.17, 15) is 9.59 Å². The summed E-state index contributed by atoms with van der Waals surface area (Å²) in [7, 11) is 0. The second-order valence-corrected chi connectivity index (χ2v) is 8.53. The first-order valence-corrected chi connectivity index (χ1v) is 9.62. The van der Waals surface area contributed by atoms with Crippen molar-refractivity contribution in [1.29, 1.82) is 0 Å². The van der Waals surface area contributed by atoms with Gasteiger partial charge in [0, 0.05) is 32.6 Å². The van der Waals surface area contributed by atoms with Gasteiger partial charge in [-0.05, 0) is 63.8 Å². The third-order valence-corrected chi connectivity index (χ3v) is 5.01. The predicted octanol–water partition coefficient (Wildman–Crippen LogP) is 3.09. The van der Waals surface area contributed by atoms with E-state index in [1.165, 1.54) is 5.56 Å². The molecule has 3 rings (SSSR count). The van der Waals surface area contributed by atoms with Crippen LogP contribution in [0.4, 0.5) is 0 Å². The van der Waals surface area contributed by atoms with E-state index in [0.717, 1.165) is 52.0 Å². The Kier molecular flexibility index (Phi) is 5.66. The zero-order valence-electron chi connectivity index (χ0n) is 16.2. The van der Waals surface area contributed by atoms with Gasteiger partial charge in [0.15, 0.2) is 0 Å². The molecular weight excluding hydrogens is 328 g/mol. The average molecular weight is 358 g/mol. The van der Waals surface area contributed by atoms with Gasteiger partial charge < -0.3 is 9.64 Å². The van der Waals surface area contributed by atoms with E-state index in [1.807, 2.05) is 49.9 Å². The van der Waals surface area contributed by atoms with Crippen LogP contribution in [0.2, 0.25) is 0 Å². The smallest absolute Gasteiger partial charge is 0.338 e. The Morgan fingerprint density at radius 1 is 1.19 bits per heavy atom. The van der Waals surface area contributed by atoms with Crippen LogP contribution in [0.15, 0.2) is 24.3 Å². The molecule has 0 radical (unpaired) electrons. The predicted molar refractivity (Wildman–Crippen MR) is 101 cm³/mol. The monoisotopic (exact) mass is 358 g/mol. The summed E-state index contributed by atoms with van der Waals surface area (Å²) >= 11 is 0. The second kappa shape index (κ2) is 7.78. The molecule has 5 nitrogen and oxygen atoms in total. The van der Waals surface area contributed by atoms with Gasteiger partial charge >= 0.3 is 5.97 Å². The molecule has 2 fully saturated rings. The molecule has 1 aromatic carbocycles. The lowest BCUT2D eigenvalue weighted by molar-refractivity contribution is -0.128. The summed E-state index contributed by atoms with van der Waals surface area (Å²) in [5.74, 6) is 0.625. The zero-order valence-corrected chi connectivity index (χ0v) is 16.2. The fourth-order valence-electron chi connectivity index (χ4n) is 3.76. The summed E-state index contributed by atoms with van der Waals surface area (Å²) in [6.07, 6.45) is 2.89. The number of carbonyl (C=O) groups is 2. The minimum absolute atomic E-state index is 0.277. The molecule has 1 aromatic rings. The van der Waals surface area contributed by atoms with Crippen molar-refractivity contribution in [3.63, 3.8) is 0 Å². The van der Waals surface area contributed by atoms with Gasteiger partial charge in [0.05, 0.1) is 5.56 Å². The van der Waals surface area contributed by atoms with Crippen LogP contribution in [-0.4, -0.2) is 53.5 Å². The number of hydrogen-bond donors (Lipinski definition) is 0. The number of likely N-dealkylation sites (tertiary alicyclic amines) is 2. The molecule has 0 saturated carbocycles. The first-order chi connectivity index (χ1) is 12.3. The molecule has 2 aliphatic rings. The summed E-state index contributed by atoms with van der Waals surface area (Å²) in [4.78, 5) is 28.3. The molecular formula is C21H30N2O3. The number of rotatable bonds is 5. The molecule has 26 heavy (non-hydrogen) atoms. The molecule has 1 unspecified atom stereocenters. The number of hydrogen-bond acceptors (Lipinski definition) is 4. The van der Waals surface area contributed by atoms with Gasteiger partial charge in [-0.15, -0.1) is 0 Å². The largest absolute Gasteiger partial charge is 0.456 e. The quantitative estimate of drug-likeness (QED) is 0.759. The number of benzene rings is 1. The Labute approximate surface area is 156 Å². The molecule has 5 heteroatoms. The standard InChI is InChI=1S/C21H30N2O3/c1-21(2,3)26-20(25)18-8-6-16(7-9-18)13-22-12-10-17(14-22)15-23-11-4-5-19(23)24/h6-9,17H,4-5,10-15H2,1-3H3. The van der Waals surface area contributed by atoms with E-state index in [0.29, 0.717) is 17.4 Å². The van der Waals surface area contributed by atoms with Crippen LogP contribution in [0.25, 0.3) is 0 Å². The van der Waals surface area contributed by atoms with Crippen LogP contribution in [0.3, 0.4) is 0 Å². The van der Waals surface area contributed by atoms with Crippen molar-refractivity contribution >= 4 is 11.9 Å². The lowest BCUT2D eigenvalue weighted by atomic mass is 10.1. The van der Waals surface area contributed by atoms with Gasteiger partial charge in [-0.25, -0.2) is 4.79 Å². The Morgan fingerprint density at radius 3 is 2.54 bits per heavy atom. The number of esters is 1. The van der Waals surface area contributed by atoms with Crippen LogP contribution in [-0.2, 0) is 16.1 Å². The van der Waals surface area contributed by atoms with E-state index >= 15 is 0 Å². The highest BCUT2D eigenvalue weighted by Crippen LogP contribution is 2.22. The summed E-state index contributed by atoms with van der Waals surface area (Å²) in [5, 5.41) is 0. The lowest BCUT2D eigenvalue weighted by Gasteiger charge is -2.21. The molecule has 142 valence electrons. The van der Waals surface area contributed by atoms with Crippen LogP contribution >= 0.6 is 0 Å². The molecule has 0 aliphatic carbocycles. The third kappa shape index (κ3) is 5.07. The number of carbonyl (C=O) groups excluding carboxylic acids is 2. The van der Waals surface area contributed by atoms with Crippen LogP contribution in [0, 0.1) is 5.92 Å². The van der Waals surface area contributed by atoms with E-state index in [4.69, 9.17) is 4.74 Å². The molecule has 0 N–H and O–H groups in total. The number of ether oxygens (including phenoxy) is 1. The highest BCUT2D eigenvalue weighted by Gasteiger charge is 2.28. The fraction of sp³-hybridized carbons (Fsp3) is 0.619. The minimum Gasteiger partial charge on any atom is -0.456 e. The Hall–Kier alpha value is -1.88. The van der Waals surface area contributed by atoms with Crippen molar-refractivity contribution in [2.45, 2.75) is 52.2 Å². The highest BCUT2D eigenvalue weighted by atomic mass is 16.6. The Balaban J connectivity index is 1.49. The van der Waals surface area contributed by atoms with Gasteiger partial charge in [-0.2, -0.15) is 0 Å². The normalized spacial score (nSPS) is 21.4. The second-order valence-electron chi connectivity index (χ2n) is 8.53. The van der Waals surface area contributed by atoms with Crippen molar-refractivity contribution in [2.24, 2.45) is 5.92 Å². The van der Waals surface area contributed by atoms with Crippen molar-refractivity contribution in [1.82, 2.24) is 9.80 Å². The maximum Gasteiger partial charge on any atom is 0.338 e. The summed E-state index contributed by atoms with van der Waals surface area (Å²) in [6, 6.07) is 7.72. The van der Waals surface area contributed by atoms with Crippen molar-refractivity contribution in [3.05, 3.63) is 35.4 Å². The Bertz CT molecular complexity index is 648. The van der Waals surface area contributed by atoms with Crippen molar-refractivity contribution < 1.29 is 14.3 Å². The van der Waals surface area contributed by atoms with Gasteiger partial charge in [0.1, 0.15) is 5.60 Å². The first kappa shape index (κ1) is 18.9. The molecule has 1 amide bonds. The molecule has 1 atom stereocenters. The van der Waals surface area contributed by atoms with Gasteiger partial charge in [0.25, 0.3) is 0 Å². The van der Waals surface area contributed by atoms with Gasteiger partial charge in [0.2, 0.25) is 5.91 Å². The Morgan fingerprint density at radius 2 is 1.92 bits per heavy atom.